The molecule has 0 saturated heterocycles. The molecule has 1 aliphatic carbocycles. The molecule has 0 N–H and O–H groups in total. The fourth-order valence-electron chi connectivity index (χ4n) is 4.81. The molecule has 0 radical (unpaired) electrons. The molecule has 3 heteroatoms. The highest BCUT2D eigenvalue weighted by Crippen LogP contribution is 2.36. The van der Waals surface area contributed by atoms with Crippen molar-refractivity contribution in [2.75, 3.05) is 6.61 Å². The zero-order chi connectivity index (χ0) is 21.6. The normalized spacial score (nSPS) is 20.0. The summed E-state index contributed by atoms with van der Waals surface area (Å²) in [5.41, 5.74) is 0.604. The molecular weight excluding hydrogens is 372 g/mol. The second-order valence-electron chi connectivity index (χ2n) is 9.17. The molecule has 1 aromatic rings. The number of carbonyl (C=O) groups excluding carboxylic acids is 1. The average molecular weight is 417 g/mol. The molecule has 1 saturated carbocycles. The van der Waals surface area contributed by atoms with Gasteiger partial charge in [-0.05, 0) is 68.7 Å². The SMILES string of the molecule is CCCCCCC(C)OC(=O)c1ccc(OCCCC2CCCCC2CCC)cc1. The predicted octanol–water partition coefficient (Wildman–Crippen LogP) is 7.97. The lowest BCUT2D eigenvalue weighted by Gasteiger charge is -2.31. The third-order valence-corrected chi connectivity index (χ3v) is 6.58. The van der Waals surface area contributed by atoms with E-state index in [1.165, 1.54) is 64.2 Å². The second-order valence-corrected chi connectivity index (χ2v) is 9.17. The highest BCUT2D eigenvalue weighted by molar-refractivity contribution is 5.89. The fraction of sp³-hybridized carbons (Fsp3) is 0.741. The molecule has 3 nitrogen and oxygen atoms in total. The van der Waals surface area contributed by atoms with Crippen LogP contribution in [0.25, 0.3) is 0 Å². The van der Waals surface area contributed by atoms with E-state index in [4.69, 9.17) is 9.47 Å². The van der Waals surface area contributed by atoms with Crippen LogP contribution < -0.4 is 4.74 Å². The lowest BCUT2D eigenvalue weighted by Crippen LogP contribution is -2.20. The summed E-state index contributed by atoms with van der Waals surface area (Å²) in [6, 6.07) is 7.42. The van der Waals surface area contributed by atoms with Crippen LogP contribution in [-0.2, 0) is 4.74 Å². The maximum absolute atomic E-state index is 12.3. The number of esters is 1. The lowest BCUT2D eigenvalue weighted by atomic mass is 9.75. The van der Waals surface area contributed by atoms with Crippen LogP contribution in [-0.4, -0.2) is 18.7 Å². The van der Waals surface area contributed by atoms with Gasteiger partial charge in [-0.15, -0.1) is 0 Å². The van der Waals surface area contributed by atoms with E-state index in [-0.39, 0.29) is 12.1 Å². The van der Waals surface area contributed by atoms with Gasteiger partial charge in [-0.2, -0.15) is 0 Å². The Kier molecular flexibility index (Phi) is 12.0. The standard InChI is InChI=1S/C27H44O3/c1-4-6-7-8-13-22(3)30-27(28)25-17-19-26(20-18-25)29-21-11-16-24-15-10-9-14-23(24)12-5-2/h17-20,22-24H,4-16,21H2,1-3H3. The van der Waals surface area contributed by atoms with Gasteiger partial charge in [-0.3, -0.25) is 0 Å². The number of hydrogen-bond acceptors (Lipinski definition) is 3. The molecule has 1 aromatic carbocycles. The maximum Gasteiger partial charge on any atom is 0.338 e. The van der Waals surface area contributed by atoms with E-state index in [1.807, 2.05) is 31.2 Å². The van der Waals surface area contributed by atoms with Crippen LogP contribution >= 0.6 is 0 Å². The van der Waals surface area contributed by atoms with Crippen LogP contribution in [0.5, 0.6) is 5.75 Å². The molecule has 1 aliphatic rings. The van der Waals surface area contributed by atoms with Crippen LogP contribution in [0, 0.1) is 11.8 Å². The van der Waals surface area contributed by atoms with E-state index in [1.54, 1.807) is 0 Å². The highest BCUT2D eigenvalue weighted by Gasteiger charge is 2.23. The number of rotatable bonds is 14. The van der Waals surface area contributed by atoms with Gasteiger partial charge >= 0.3 is 5.97 Å². The van der Waals surface area contributed by atoms with Gasteiger partial charge in [0.1, 0.15) is 5.75 Å². The van der Waals surface area contributed by atoms with Crippen LogP contribution in [0.15, 0.2) is 24.3 Å². The summed E-state index contributed by atoms with van der Waals surface area (Å²) in [4.78, 5) is 12.3. The van der Waals surface area contributed by atoms with E-state index in [9.17, 15) is 4.79 Å². The molecule has 0 aliphatic heterocycles. The van der Waals surface area contributed by atoms with Gasteiger partial charge in [-0.25, -0.2) is 4.79 Å². The van der Waals surface area contributed by atoms with Crippen molar-refractivity contribution in [1.29, 1.82) is 0 Å². The van der Waals surface area contributed by atoms with Gasteiger partial charge in [0.05, 0.1) is 18.3 Å². The Bertz CT molecular complexity index is 578. The summed E-state index contributed by atoms with van der Waals surface area (Å²) in [6.45, 7) is 7.26. The van der Waals surface area contributed by atoms with Gasteiger partial charge in [0.2, 0.25) is 0 Å². The summed E-state index contributed by atoms with van der Waals surface area (Å²) in [5, 5.41) is 0. The lowest BCUT2D eigenvalue weighted by molar-refractivity contribution is 0.0319. The molecular formula is C27H44O3. The van der Waals surface area contributed by atoms with E-state index in [2.05, 4.69) is 13.8 Å². The number of ether oxygens (including phenoxy) is 2. The number of carbonyl (C=O) groups is 1. The number of hydrogen-bond donors (Lipinski definition) is 0. The van der Waals surface area contributed by atoms with Gasteiger partial charge < -0.3 is 9.47 Å². The van der Waals surface area contributed by atoms with Crippen molar-refractivity contribution in [2.24, 2.45) is 11.8 Å². The molecule has 0 amide bonds. The molecule has 0 bridgehead atoms. The van der Waals surface area contributed by atoms with Gasteiger partial charge in [0.15, 0.2) is 0 Å². The fourth-order valence-corrected chi connectivity index (χ4v) is 4.81. The third kappa shape index (κ3) is 9.10. The quantitative estimate of drug-likeness (QED) is 0.228. The second kappa shape index (κ2) is 14.5. The van der Waals surface area contributed by atoms with Crippen molar-refractivity contribution in [2.45, 2.75) is 110 Å². The predicted molar refractivity (Wildman–Crippen MR) is 125 cm³/mol. The minimum Gasteiger partial charge on any atom is -0.494 e. The van der Waals surface area contributed by atoms with Crippen molar-refractivity contribution in [3.05, 3.63) is 29.8 Å². The van der Waals surface area contributed by atoms with Crippen LogP contribution in [0.1, 0.15) is 115 Å². The molecule has 0 spiro atoms. The Morgan fingerprint density at radius 2 is 1.63 bits per heavy atom. The molecule has 170 valence electrons. The molecule has 0 aromatic heterocycles. The van der Waals surface area contributed by atoms with Crippen molar-refractivity contribution >= 4 is 5.97 Å². The van der Waals surface area contributed by atoms with E-state index >= 15 is 0 Å². The summed E-state index contributed by atoms with van der Waals surface area (Å²) in [5.74, 6) is 2.43. The number of unbranched alkanes of at least 4 members (excludes halogenated alkanes) is 3. The first-order chi connectivity index (χ1) is 14.6. The summed E-state index contributed by atoms with van der Waals surface area (Å²) < 4.78 is 11.5. The largest absolute Gasteiger partial charge is 0.494 e. The molecule has 2 rings (SSSR count). The van der Waals surface area contributed by atoms with Crippen molar-refractivity contribution in [3.63, 3.8) is 0 Å². The molecule has 30 heavy (non-hydrogen) atoms. The Morgan fingerprint density at radius 3 is 2.30 bits per heavy atom. The molecule has 3 atom stereocenters. The molecule has 0 heterocycles. The number of benzene rings is 1. The minimum absolute atomic E-state index is 0.0263. The van der Waals surface area contributed by atoms with Gasteiger partial charge in [-0.1, -0.05) is 71.6 Å². The van der Waals surface area contributed by atoms with Crippen LogP contribution in [0.2, 0.25) is 0 Å². The topological polar surface area (TPSA) is 35.5 Å². The first-order valence-electron chi connectivity index (χ1n) is 12.6. The Labute approximate surface area is 184 Å². The molecule has 1 fully saturated rings. The van der Waals surface area contributed by atoms with Crippen molar-refractivity contribution < 1.29 is 14.3 Å². The van der Waals surface area contributed by atoms with Crippen molar-refractivity contribution in [3.8, 4) is 5.75 Å². The monoisotopic (exact) mass is 416 g/mol. The average Bonchev–Trinajstić information content (AvgIpc) is 2.76. The first kappa shape index (κ1) is 24.8. The van der Waals surface area contributed by atoms with Crippen molar-refractivity contribution in [1.82, 2.24) is 0 Å². The zero-order valence-corrected chi connectivity index (χ0v) is 19.7. The van der Waals surface area contributed by atoms with Gasteiger partial charge in [0, 0.05) is 0 Å². The van der Waals surface area contributed by atoms with Gasteiger partial charge in [0.25, 0.3) is 0 Å². The Hall–Kier alpha value is -1.51. The third-order valence-electron chi connectivity index (χ3n) is 6.58. The highest BCUT2D eigenvalue weighted by atomic mass is 16.5. The summed E-state index contributed by atoms with van der Waals surface area (Å²) in [7, 11) is 0. The molecule has 3 unspecified atom stereocenters. The Balaban J connectivity index is 1.66. The van der Waals surface area contributed by atoms with E-state index in [0.29, 0.717) is 5.56 Å². The smallest absolute Gasteiger partial charge is 0.338 e. The summed E-state index contributed by atoms with van der Waals surface area (Å²) >= 11 is 0. The first-order valence-corrected chi connectivity index (χ1v) is 12.6. The van der Waals surface area contributed by atoms with Crippen LogP contribution in [0.3, 0.4) is 0 Å². The van der Waals surface area contributed by atoms with E-state index in [0.717, 1.165) is 43.5 Å². The Morgan fingerprint density at radius 1 is 0.933 bits per heavy atom. The minimum atomic E-state index is -0.233. The van der Waals surface area contributed by atoms with E-state index < -0.39 is 0 Å². The summed E-state index contributed by atoms with van der Waals surface area (Å²) in [6.07, 6.45) is 16.5. The maximum atomic E-state index is 12.3. The zero-order valence-electron chi connectivity index (χ0n) is 19.7. The van der Waals surface area contributed by atoms with Crippen LogP contribution in [0.4, 0.5) is 0 Å².